The molecule has 0 amide bonds. The lowest BCUT2D eigenvalue weighted by Crippen LogP contribution is -1.84. The first kappa shape index (κ1) is 9.06. The summed E-state index contributed by atoms with van der Waals surface area (Å²) in [7, 11) is 0. The van der Waals surface area contributed by atoms with Gasteiger partial charge in [-0.2, -0.15) is 0 Å². The number of hydrogen-bond acceptors (Lipinski definition) is 2. The van der Waals surface area contributed by atoms with Crippen LogP contribution in [0, 0.1) is 5.92 Å². The first-order chi connectivity index (χ1) is 6.66. The van der Waals surface area contributed by atoms with Gasteiger partial charge in [-0.25, -0.2) is 4.79 Å². The van der Waals surface area contributed by atoms with Crippen LogP contribution in [0.1, 0.15) is 30.8 Å². The van der Waals surface area contributed by atoms with E-state index in [-0.39, 0.29) is 0 Å². The zero-order valence-corrected chi connectivity index (χ0v) is 7.93. The summed E-state index contributed by atoms with van der Waals surface area (Å²) in [4.78, 5) is 10.2. The van der Waals surface area contributed by atoms with Crippen molar-refractivity contribution in [1.29, 1.82) is 0 Å². The molecule has 1 fully saturated rings. The molecular formula is C11H12O3. The molecule has 1 heterocycles. The number of carboxylic acids is 1. The van der Waals surface area contributed by atoms with Crippen molar-refractivity contribution >= 4 is 12.0 Å². The quantitative estimate of drug-likeness (QED) is 0.748. The summed E-state index contributed by atoms with van der Waals surface area (Å²) in [5.74, 6) is 1.88. The molecule has 0 saturated heterocycles. The van der Waals surface area contributed by atoms with Crippen LogP contribution in [0.4, 0.5) is 0 Å². The van der Waals surface area contributed by atoms with Gasteiger partial charge in [-0.3, -0.25) is 0 Å². The van der Waals surface area contributed by atoms with E-state index in [4.69, 9.17) is 9.52 Å². The van der Waals surface area contributed by atoms with Crippen molar-refractivity contribution in [1.82, 2.24) is 0 Å². The van der Waals surface area contributed by atoms with Gasteiger partial charge in [-0.1, -0.05) is 6.92 Å². The van der Waals surface area contributed by atoms with Crippen molar-refractivity contribution in [3.05, 3.63) is 29.7 Å². The highest BCUT2D eigenvalue weighted by atomic mass is 16.4. The maximum atomic E-state index is 10.2. The van der Waals surface area contributed by atoms with Gasteiger partial charge in [0.15, 0.2) is 0 Å². The van der Waals surface area contributed by atoms with Crippen LogP contribution in [-0.4, -0.2) is 11.1 Å². The van der Waals surface area contributed by atoms with Gasteiger partial charge in [0.25, 0.3) is 0 Å². The molecule has 1 aromatic rings. The minimum Gasteiger partial charge on any atom is -0.478 e. The minimum absolute atomic E-state index is 0.543. The molecule has 2 rings (SSSR count). The maximum Gasteiger partial charge on any atom is 0.328 e. The molecule has 3 nitrogen and oxygen atoms in total. The van der Waals surface area contributed by atoms with Crippen LogP contribution >= 0.6 is 0 Å². The molecule has 0 unspecified atom stereocenters. The minimum atomic E-state index is -0.956. The summed E-state index contributed by atoms with van der Waals surface area (Å²) >= 11 is 0. The molecular weight excluding hydrogens is 180 g/mol. The van der Waals surface area contributed by atoms with Crippen molar-refractivity contribution in [2.75, 3.05) is 0 Å². The molecule has 1 aromatic heterocycles. The summed E-state index contributed by atoms with van der Waals surface area (Å²) in [5, 5.41) is 8.42. The topological polar surface area (TPSA) is 50.4 Å². The van der Waals surface area contributed by atoms with Crippen LogP contribution in [0.2, 0.25) is 0 Å². The molecule has 1 aliphatic rings. The van der Waals surface area contributed by atoms with Crippen molar-refractivity contribution in [3.63, 3.8) is 0 Å². The molecule has 0 aromatic carbocycles. The van der Waals surface area contributed by atoms with Gasteiger partial charge in [-0.15, -0.1) is 0 Å². The number of aliphatic carboxylic acids is 1. The second kappa shape index (κ2) is 3.33. The average molecular weight is 192 g/mol. The predicted molar refractivity (Wildman–Crippen MR) is 51.9 cm³/mol. The first-order valence-corrected chi connectivity index (χ1v) is 4.67. The second-order valence-corrected chi connectivity index (χ2v) is 3.73. The molecule has 0 radical (unpaired) electrons. The Bertz CT molecular complexity index is 376. The van der Waals surface area contributed by atoms with Gasteiger partial charge in [0.05, 0.1) is 0 Å². The summed E-state index contributed by atoms with van der Waals surface area (Å²) < 4.78 is 5.48. The molecule has 14 heavy (non-hydrogen) atoms. The number of hydrogen-bond donors (Lipinski definition) is 1. The largest absolute Gasteiger partial charge is 0.478 e. The van der Waals surface area contributed by atoms with Crippen LogP contribution in [0.5, 0.6) is 0 Å². The SMILES string of the molecule is C[C@H]1C[C@@H]1c1ccc(/C=C/C(=O)O)o1. The zero-order valence-electron chi connectivity index (χ0n) is 7.93. The van der Waals surface area contributed by atoms with E-state index in [1.54, 1.807) is 6.07 Å². The second-order valence-electron chi connectivity index (χ2n) is 3.73. The van der Waals surface area contributed by atoms with Gasteiger partial charge in [0.1, 0.15) is 11.5 Å². The van der Waals surface area contributed by atoms with Crippen LogP contribution in [0.15, 0.2) is 22.6 Å². The number of rotatable bonds is 3. The Morgan fingerprint density at radius 2 is 2.36 bits per heavy atom. The van der Waals surface area contributed by atoms with E-state index in [1.807, 2.05) is 6.07 Å². The normalized spacial score (nSPS) is 25.5. The molecule has 1 saturated carbocycles. The van der Waals surface area contributed by atoms with E-state index in [0.29, 0.717) is 17.6 Å². The van der Waals surface area contributed by atoms with Crippen molar-refractivity contribution < 1.29 is 14.3 Å². The van der Waals surface area contributed by atoms with Gasteiger partial charge in [0.2, 0.25) is 0 Å². The third-order valence-corrected chi connectivity index (χ3v) is 2.51. The summed E-state index contributed by atoms with van der Waals surface area (Å²) in [6.07, 6.45) is 3.73. The number of carbonyl (C=O) groups is 1. The molecule has 0 spiro atoms. The van der Waals surface area contributed by atoms with E-state index in [2.05, 4.69) is 6.92 Å². The summed E-state index contributed by atoms with van der Waals surface area (Å²) in [5.41, 5.74) is 0. The lowest BCUT2D eigenvalue weighted by atomic mass is 10.3. The Labute approximate surface area is 82.0 Å². The fourth-order valence-corrected chi connectivity index (χ4v) is 1.53. The van der Waals surface area contributed by atoms with E-state index in [1.165, 1.54) is 12.5 Å². The fourth-order valence-electron chi connectivity index (χ4n) is 1.53. The van der Waals surface area contributed by atoms with Crippen molar-refractivity contribution in [2.45, 2.75) is 19.3 Å². The summed E-state index contributed by atoms with van der Waals surface area (Å²) in [6.45, 7) is 2.18. The van der Waals surface area contributed by atoms with E-state index < -0.39 is 5.97 Å². The first-order valence-electron chi connectivity index (χ1n) is 4.67. The predicted octanol–water partition coefficient (Wildman–Crippen LogP) is 2.50. The monoisotopic (exact) mass is 192 g/mol. The highest BCUT2D eigenvalue weighted by molar-refractivity contribution is 5.84. The Morgan fingerprint density at radius 1 is 1.64 bits per heavy atom. The molecule has 1 N–H and O–H groups in total. The Morgan fingerprint density at radius 3 is 2.93 bits per heavy atom. The third kappa shape index (κ3) is 1.87. The maximum absolute atomic E-state index is 10.2. The number of carboxylic acid groups (broad SMARTS) is 1. The highest BCUT2D eigenvalue weighted by Crippen LogP contribution is 2.47. The smallest absolute Gasteiger partial charge is 0.328 e. The van der Waals surface area contributed by atoms with Gasteiger partial charge in [0, 0.05) is 12.0 Å². The van der Waals surface area contributed by atoms with Crippen LogP contribution in [-0.2, 0) is 4.79 Å². The van der Waals surface area contributed by atoms with Gasteiger partial charge < -0.3 is 9.52 Å². The molecule has 74 valence electrons. The standard InChI is InChI=1S/C11H12O3/c1-7-6-9(7)10-4-2-8(14-10)3-5-11(12)13/h2-5,7,9H,6H2,1H3,(H,12,13)/b5-3+/t7-,9-/m0/s1. The molecule has 1 aliphatic carbocycles. The number of furan rings is 1. The summed E-state index contributed by atoms with van der Waals surface area (Å²) in [6, 6.07) is 3.73. The fraction of sp³-hybridized carbons (Fsp3) is 0.364. The molecule has 3 heteroatoms. The van der Waals surface area contributed by atoms with Crippen LogP contribution in [0.25, 0.3) is 6.08 Å². The Hall–Kier alpha value is -1.51. The van der Waals surface area contributed by atoms with Crippen LogP contribution < -0.4 is 0 Å². The van der Waals surface area contributed by atoms with Gasteiger partial charge in [-0.05, 0) is 30.5 Å². The van der Waals surface area contributed by atoms with E-state index in [0.717, 1.165) is 11.8 Å². The Kier molecular flexibility index (Phi) is 2.15. The van der Waals surface area contributed by atoms with Crippen molar-refractivity contribution in [2.24, 2.45) is 5.92 Å². The Balaban J connectivity index is 2.06. The van der Waals surface area contributed by atoms with E-state index in [9.17, 15) is 4.79 Å². The molecule has 0 aliphatic heterocycles. The molecule has 2 atom stereocenters. The average Bonchev–Trinajstić information content (AvgIpc) is 2.68. The highest BCUT2D eigenvalue weighted by Gasteiger charge is 2.36. The lowest BCUT2D eigenvalue weighted by Gasteiger charge is -1.89. The van der Waals surface area contributed by atoms with Crippen molar-refractivity contribution in [3.8, 4) is 0 Å². The lowest BCUT2D eigenvalue weighted by molar-refractivity contribution is -0.131. The van der Waals surface area contributed by atoms with E-state index >= 15 is 0 Å². The van der Waals surface area contributed by atoms with Gasteiger partial charge >= 0.3 is 5.97 Å². The van der Waals surface area contributed by atoms with Crippen LogP contribution in [0.3, 0.4) is 0 Å². The zero-order chi connectivity index (χ0) is 10.1. The molecule has 0 bridgehead atoms. The third-order valence-electron chi connectivity index (χ3n) is 2.51.